The van der Waals surface area contributed by atoms with Gasteiger partial charge >= 0.3 is 0 Å². The molecule has 0 atom stereocenters. The summed E-state index contributed by atoms with van der Waals surface area (Å²) in [7, 11) is 1.91. The van der Waals surface area contributed by atoms with Gasteiger partial charge in [-0.1, -0.05) is 19.9 Å². The Morgan fingerprint density at radius 3 is 2.70 bits per heavy atom. The minimum absolute atomic E-state index is 0.0452. The molecule has 0 aliphatic carbocycles. The van der Waals surface area contributed by atoms with E-state index >= 15 is 0 Å². The summed E-state index contributed by atoms with van der Waals surface area (Å²) in [4.78, 5) is 18.5. The monoisotopic (exact) mass is 315 g/mol. The van der Waals surface area contributed by atoms with Crippen LogP contribution in [0.4, 0.5) is 5.82 Å². The number of carbonyl (C=O) groups excluding carboxylic acids is 1. The Labute approximate surface area is 137 Å². The van der Waals surface area contributed by atoms with E-state index < -0.39 is 0 Å². The van der Waals surface area contributed by atoms with Crippen molar-refractivity contribution >= 4 is 11.7 Å². The van der Waals surface area contributed by atoms with Gasteiger partial charge in [0.05, 0.1) is 24.5 Å². The van der Waals surface area contributed by atoms with Crippen LogP contribution < -0.4 is 5.32 Å². The number of aromatic nitrogens is 3. The molecule has 2 aromatic heterocycles. The highest BCUT2D eigenvalue weighted by Gasteiger charge is 2.14. The fourth-order valence-electron chi connectivity index (χ4n) is 2.59. The first kappa shape index (κ1) is 17.1. The van der Waals surface area contributed by atoms with Gasteiger partial charge < -0.3 is 5.32 Å². The van der Waals surface area contributed by atoms with Gasteiger partial charge in [-0.15, -0.1) is 0 Å². The van der Waals surface area contributed by atoms with Gasteiger partial charge in [-0.05, 0) is 32.0 Å². The van der Waals surface area contributed by atoms with Crippen LogP contribution in [0.25, 0.3) is 0 Å². The predicted molar refractivity (Wildman–Crippen MR) is 91.0 cm³/mol. The first-order chi connectivity index (χ1) is 11.1. The first-order valence-electron chi connectivity index (χ1n) is 8.05. The highest BCUT2D eigenvalue weighted by Crippen LogP contribution is 2.20. The Bertz CT molecular complexity index is 606. The average Bonchev–Trinajstić information content (AvgIpc) is 2.97. The Morgan fingerprint density at radius 2 is 2.04 bits per heavy atom. The fraction of sp³-hybridized carbons (Fsp3) is 0.471. The molecule has 124 valence electrons. The molecule has 6 heteroatoms. The third-order valence-corrected chi connectivity index (χ3v) is 3.80. The van der Waals surface area contributed by atoms with Crippen molar-refractivity contribution in [3.63, 3.8) is 0 Å². The SMILES string of the molecule is CCC(CC)n1nccc1NC(=O)CN(C)Cc1ccccn1. The third-order valence-electron chi connectivity index (χ3n) is 3.80. The molecule has 0 radical (unpaired) electrons. The molecule has 2 aromatic rings. The second-order valence-corrected chi connectivity index (χ2v) is 5.67. The van der Waals surface area contributed by atoms with Crippen molar-refractivity contribution in [1.29, 1.82) is 0 Å². The van der Waals surface area contributed by atoms with E-state index in [-0.39, 0.29) is 5.91 Å². The molecule has 0 saturated heterocycles. The van der Waals surface area contributed by atoms with E-state index in [2.05, 4.69) is 29.2 Å². The molecule has 23 heavy (non-hydrogen) atoms. The molecular formula is C17H25N5O. The van der Waals surface area contributed by atoms with Crippen molar-refractivity contribution in [1.82, 2.24) is 19.7 Å². The summed E-state index contributed by atoms with van der Waals surface area (Å²) in [6.07, 6.45) is 5.46. The van der Waals surface area contributed by atoms with Crippen molar-refractivity contribution < 1.29 is 4.79 Å². The minimum atomic E-state index is -0.0452. The van der Waals surface area contributed by atoms with E-state index in [1.54, 1.807) is 12.4 Å². The summed E-state index contributed by atoms with van der Waals surface area (Å²) in [5, 5.41) is 7.29. The predicted octanol–water partition coefficient (Wildman–Crippen LogP) is 2.71. The van der Waals surface area contributed by atoms with Gasteiger partial charge in [0, 0.05) is 18.8 Å². The Morgan fingerprint density at radius 1 is 1.26 bits per heavy atom. The Balaban J connectivity index is 1.91. The van der Waals surface area contributed by atoms with E-state index in [9.17, 15) is 4.79 Å². The maximum Gasteiger partial charge on any atom is 0.239 e. The number of hydrogen-bond acceptors (Lipinski definition) is 4. The van der Waals surface area contributed by atoms with E-state index in [0.717, 1.165) is 24.4 Å². The van der Waals surface area contributed by atoms with Crippen molar-refractivity contribution in [3.05, 3.63) is 42.4 Å². The van der Waals surface area contributed by atoms with Crippen LogP contribution in [0.3, 0.4) is 0 Å². The molecule has 1 amide bonds. The number of nitrogens with one attached hydrogen (secondary N) is 1. The number of pyridine rings is 1. The molecule has 0 spiro atoms. The standard InChI is InChI=1S/C17H25N5O/c1-4-15(5-2)22-16(9-11-19-22)20-17(23)13-21(3)12-14-8-6-7-10-18-14/h6-11,15H,4-5,12-13H2,1-3H3,(H,20,23). The van der Waals surface area contributed by atoms with Crippen molar-refractivity contribution in [2.24, 2.45) is 0 Å². The number of nitrogens with zero attached hydrogens (tertiary/aromatic N) is 4. The summed E-state index contributed by atoms with van der Waals surface area (Å²) < 4.78 is 1.90. The third kappa shape index (κ3) is 4.89. The molecule has 1 N–H and O–H groups in total. The summed E-state index contributed by atoms with van der Waals surface area (Å²) in [5.41, 5.74) is 0.949. The lowest BCUT2D eigenvalue weighted by Gasteiger charge is -2.19. The molecule has 0 aromatic carbocycles. The highest BCUT2D eigenvalue weighted by atomic mass is 16.2. The quantitative estimate of drug-likeness (QED) is 0.813. The number of anilines is 1. The van der Waals surface area contributed by atoms with E-state index in [1.807, 2.05) is 40.9 Å². The van der Waals surface area contributed by atoms with Gasteiger partial charge in [0.25, 0.3) is 0 Å². The normalized spacial score (nSPS) is 11.2. The first-order valence-corrected chi connectivity index (χ1v) is 8.05. The number of amides is 1. The number of carbonyl (C=O) groups is 1. The Hall–Kier alpha value is -2.21. The summed E-state index contributed by atoms with van der Waals surface area (Å²) >= 11 is 0. The minimum Gasteiger partial charge on any atom is -0.310 e. The average molecular weight is 315 g/mol. The second kappa shape index (κ2) is 8.43. The molecule has 0 unspecified atom stereocenters. The van der Waals surface area contributed by atoms with Crippen LogP contribution in [-0.2, 0) is 11.3 Å². The van der Waals surface area contributed by atoms with Gasteiger partial charge in [-0.25, -0.2) is 4.68 Å². The maximum atomic E-state index is 12.2. The van der Waals surface area contributed by atoms with Crippen molar-refractivity contribution in [3.8, 4) is 0 Å². The Kier molecular flexibility index (Phi) is 6.29. The topological polar surface area (TPSA) is 63.1 Å². The second-order valence-electron chi connectivity index (χ2n) is 5.67. The molecule has 2 rings (SSSR count). The van der Waals surface area contributed by atoms with Gasteiger partial charge in [0.1, 0.15) is 5.82 Å². The smallest absolute Gasteiger partial charge is 0.239 e. The number of rotatable bonds is 8. The molecule has 0 fully saturated rings. The molecule has 0 saturated carbocycles. The van der Waals surface area contributed by atoms with E-state index in [1.165, 1.54) is 0 Å². The van der Waals surface area contributed by atoms with Crippen LogP contribution in [0, 0.1) is 0 Å². The van der Waals surface area contributed by atoms with Gasteiger partial charge in [0.2, 0.25) is 5.91 Å². The lowest BCUT2D eigenvalue weighted by atomic mass is 10.2. The summed E-state index contributed by atoms with van der Waals surface area (Å²) in [5.74, 6) is 0.714. The van der Waals surface area contributed by atoms with Gasteiger partial charge in [-0.2, -0.15) is 5.10 Å². The van der Waals surface area contributed by atoms with E-state index in [4.69, 9.17) is 0 Å². The highest BCUT2D eigenvalue weighted by molar-refractivity contribution is 5.91. The number of likely N-dealkylation sites (N-methyl/N-ethyl adjacent to an activating group) is 1. The maximum absolute atomic E-state index is 12.2. The molecular weight excluding hydrogens is 290 g/mol. The van der Waals surface area contributed by atoms with Crippen LogP contribution in [0.2, 0.25) is 0 Å². The molecule has 6 nitrogen and oxygen atoms in total. The molecule has 0 bridgehead atoms. The molecule has 0 aliphatic rings. The van der Waals surface area contributed by atoms with Crippen molar-refractivity contribution in [2.75, 3.05) is 18.9 Å². The van der Waals surface area contributed by atoms with Crippen molar-refractivity contribution in [2.45, 2.75) is 39.3 Å². The molecule has 2 heterocycles. The van der Waals surface area contributed by atoms with Gasteiger partial charge in [0.15, 0.2) is 0 Å². The largest absolute Gasteiger partial charge is 0.310 e. The fourth-order valence-corrected chi connectivity index (χ4v) is 2.59. The van der Waals surface area contributed by atoms with Gasteiger partial charge in [-0.3, -0.25) is 14.7 Å². The lowest BCUT2D eigenvalue weighted by Crippen LogP contribution is -2.31. The van der Waals surface area contributed by atoms with Crippen LogP contribution >= 0.6 is 0 Å². The zero-order valence-corrected chi connectivity index (χ0v) is 14.1. The van der Waals surface area contributed by atoms with Crippen LogP contribution in [-0.4, -0.2) is 39.2 Å². The van der Waals surface area contributed by atoms with Crippen LogP contribution in [0.5, 0.6) is 0 Å². The summed E-state index contributed by atoms with van der Waals surface area (Å²) in [6, 6.07) is 7.94. The zero-order chi connectivity index (χ0) is 16.7. The van der Waals surface area contributed by atoms with Crippen LogP contribution in [0.1, 0.15) is 38.4 Å². The number of hydrogen-bond donors (Lipinski definition) is 1. The molecule has 0 aliphatic heterocycles. The zero-order valence-electron chi connectivity index (χ0n) is 14.1. The van der Waals surface area contributed by atoms with Crippen LogP contribution in [0.15, 0.2) is 36.7 Å². The lowest BCUT2D eigenvalue weighted by molar-refractivity contribution is -0.117. The van der Waals surface area contributed by atoms with E-state index in [0.29, 0.717) is 19.1 Å². The summed E-state index contributed by atoms with van der Waals surface area (Å²) in [6.45, 7) is 5.20.